The lowest BCUT2D eigenvalue weighted by Gasteiger charge is -2.28. The highest BCUT2D eigenvalue weighted by atomic mass is 16.5. The predicted molar refractivity (Wildman–Crippen MR) is 68.7 cm³/mol. The van der Waals surface area contributed by atoms with E-state index in [1.807, 2.05) is 26.0 Å². The van der Waals surface area contributed by atoms with Gasteiger partial charge < -0.3 is 9.64 Å². The van der Waals surface area contributed by atoms with E-state index >= 15 is 0 Å². The van der Waals surface area contributed by atoms with Crippen molar-refractivity contribution in [2.75, 3.05) is 18.0 Å². The fourth-order valence-corrected chi connectivity index (χ4v) is 2.02. The third-order valence-electron chi connectivity index (χ3n) is 2.89. The van der Waals surface area contributed by atoms with E-state index < -0.39 is 0 Å². The second kappa shape index (κ2) is 5.21. The summed E-state index contributed by atoms with van der Waals surface area (Å²) < 4.78 is 5.60. The number of anilines is 1. The molecular weight excluding hydrogens is 214 g/mol. The number of piperidine rings is 1. The zero-order chi connectivity index (χ0) is 12.3. The van der Waals surface area contributed by atoms with E-state index in [-0.39, 0.29) is 6.10 Å². The number of ether oxygens (including phenoxy) is 1. The third-order valence-corrected chi connectivity index (χ3v) is 2.89. The standard InChI is InChI=1S/C14H19NO2/c1-11(2)17-14-5-3-12(4-6-14)15-9-7-13(16)8-10-15/h3-6,11H,7-10H2,1-2H3. The van der Waals surface area contributed by atoms with Crippen LogP contribution in [0.1, 0.15) is 26.7 Å². The summed E-state index contributed by atoms with van der Waals surface area (Å²) in [7, 11) is 0. The number of nitrogens with zero attached hydrogens (tertiary/aromatic N) is 1. The Balaban J connectivity index is 2.00. The molecule has 1 aromatic carbocycles. The number of benzene rings is 1. The number of carbonyl (C=O) groups excluding carboxylic acids is 1. The minimum atomic E-state index is 0.202. The van der Waals surface area contributed by atoms with Crippen molar-refractivity contribution in [1.82, 2.24) is 0 Å². The average molecular weight is 233 g/mol. The van der Waals surface area contributed by atoms with Gasteiger partial charge in [0, 0.05) is 31.6 Å². The fourth-order valence-electron chi connectivity index (χ4n) is 2.02. The predicted octanol–water partition coefficient (Wildman–Crippen LogP) is 2.64. The first kappa shape index (κ1) is 12.0. The van der Waals surface area contributed by atoms with Crippen molar-refractivity contribution in [3.63, 3.8) is 0 Å². The minimum Gasteiger partial charge on any atom is -0.491 e. The molecule has 1 fully saturated rings. The van der Waals surface area contributed by atoms with Crippen molar-refractivity contribution in [1.29, 1.82) is 0 Å². The zero-order valence-corrected chi connectivity index (χ0v) is 10.5. The van der Waals surface area contributed by atoms with Gasteiger partial charge in [0.05, 0.1) is 6.10 Å². The second-order valence-corrected chi connectivity index (χ2v) is 4.69. The van der Waals surface area contributed by atoms with Crippen molar-refractivity contribution >= 4 is 11.5 Å². The Kier molecular flexibility index (Phi) is 3.67. The first-order valence-corrected chi connectivity index (χ1v) is 6.18. The van der Waals surface area contributed by atoms with Crippen LogP contribution in [0.25, 0.3) is 0 Å². The van der Waals surface area contributed by atoms with Gasteiger partial charge in [-0.2, -0.15) is 0 Å². The van der Waals surface area contributed by atoms with Crippen LogP contribution in [0.4, 0.5) is 5.69 Å². The summed E-state index contributed by atoms with van der Waals surface area (Å²) >= 11 is 0. The number of hydrogen-bond acceptors (Lipinski definition) is 3. The van der Waals surface area contributed by atoms with Crippen LogP contribution in [0.3, 0.4) is 0 Å². The summed E-state index contributed by atoms with van der Waals surface area (Å²) in [6, 6.07) is 8.11. The Morgan fingerprint density at radius 1 is 1.12 bits per heavy atom. The molecule has 2 rings (SSSR count). The second-order valence-electron chi connectivity index (χ2n) is 4.69. The van der Waals surface area contributed by atoms with Crippen molar-refractivity contribution < 1.29 is 9.53 Å². The Bertz CT molecular complexity index is 374. The molecule has 0 atom stereocenters. The van der Waals surface area contributed by atoms with Gasteiger partial charge in [0.15, 0.2) is 0 Å². The highest BCUT2D eigenvalue weighted by Crippen LogP contribution is 2.22. The molecule has 1 aromatic rings. The highest BCUT2D eigenvalue weighted by molar-refractivity contribution is 5.81. The lowest BCUT2D eigenvalue weighted by atomic mass is 10.1. The lowest BCUT2D eigenvalue weighted by Crippen LogP contribution is -2.33. The summed E-state index contributed by atoms with van der Waals surface area (Å²) in [5, 5.41) is 0. The van der Waals surface area contributed by atoms with Crippen LogP contribution in [0.2, 0.25) is 0 Å². The van der Waals surface area contributed by atoms with Gasteiger partial charge in [0.25, 0.3) is 0 Å². The van der Waals surface area contributed by atoms with Gasteiger partial charge >= 0.3 is 0 Å². The number of rotatable bonds is 3. The summed E-state index contributed by atoms with van der Waals surface area (Å²) in [5.41, 5.74) is 1.17. The van der Waals surface area contributed by atoms with Gasteiger partial charge in [-0.3, -0.25) is 4.79 Å². The van der Waals surface area contributed by atoms with E-state index in [2.05, 4.69) is 17.0 Å². The third kappa shape index (κ3) is 3.22. The molecule has 92 valence electrons. The average Bonchev–Trinajstić information content (AvgIpc) is 2.30. The van der Waals surface area contributed by atoms with Crippen molar-refractivity contribution in [3.05, 3.63) is 24.3 Å². The topological polar surface area (TPSA) is 29.5 Å². The normalized spacial score (nSPS) is 16.4. The van der Waals surface area contributed by atoms with Gasteiger partial charge in [-0.1, -0.05) is 0 Å². The molecule has 3 heteroatoms. The molecule has 1 aliphatic heterocycles. The van der Waals surface area contributed by atoms with Crippen LogP contribution in [-0.2, 0) is 4.79 Å². The van der Waals surface area contributed by atoms with Crippen LogP contribution in [-0.4, -0.2) is 25.0 Å². The van der Waals surface area contributed by atoms with Crippen molar-refractivity contribution in [3.8, 4) is 5.75 Å². The molecule has 0 aliphatic carbocycles. The zero-order valence-electron chi connectivity index (χ0n) is 10.5. The van der Waals surface area contributed by atoms with E-state index in [1.165, 1.54) is 5.69 Å². The van der Waals surface area contributed by atoms with E-state index in [4.69, 9.17) is 4.74 Å². The Morgan fingerprint density at radius 2 is 1.71 bits per heavy atom. The smallest absolute Gasteiger partial charge is 0.136 e. The molecule has 0 N–H and O–H groups in total. The molecule has 1 saturated heterocycles. The van der Waals surface area contributed by atoms with Gasteiger partial charge in [0.2, 0.25) is 0 Å². The van der Waals surface area contributed by atoms with E-state index in [9.17, 15) is 4.79 Å². The first-order valence-electron chi connectivity index (χ1n) is 6.18. The molecular formula is C14H19NO2. The van der Waals surface area contributed by atoms with E-state index in [0.29, 0.717) is 18.6 Å². The molecule has 0 spiro atoms. The first-order chi connectivity index (χ1) is 8.15. The summed E-state index contributed by atoms with van der Waals surface area (Å²) in [6.07, 6.45) is 1.54. The molecule has 1 aliphatic rings. The maximum atomic E-state index is 11.2. The molecule has 17 heavy (non-hydrogen) atoms. The van der Waals surface area contributed by atoms with Crippen LogP contribution >= 0.6 is 0 Å². The quantitative estimate of drug-likeness (QED) is 0.803. The fraction of sp³-hybridized carbons (Fsp3) is 0.500. The monoisotopic (exact) mass is 233 g/mol. The Hall–Kier alpha value is -1.51. The molecule has 0 unspecified atom stereocenters. The number of Topliss-reactive ketones (excluding diaryl/α,β-unsaturated/α-hetero) is 1. The van der Waals surface area contributed by atoms with Crippen molar-refractivity contribution in [2.45, 2.75) is 32.8 Å². The number of carbonyl (C=O) groups is 1. The van der Waals surface area contributed by atoms with Crippen LogP contribution in [0, 0.1) is 0 Å². The summed E-state index contributed by atoms with van der Waals surface area (Å²) in [6.45, 7) is 5.71. The van der Waals surface area contributed by atoms with Gasteiger partial charge in [0.1, 0.15) is 11.5 Å². The SMILES string of the molecule is CC(C)Oc1ccc(N2CCC(=O)CC2)cc1. The molecule has 1 heterocycles. The molecule has 0 amide bonds. The highest BCUT2D eigenvalue weighted by Gasteiger charge is 2.16. The lowest BCUT2D eigenvalue weighted by molar-refractivity contribution is -0.119. The summed E-state index contributed by atoms with van der Waals surface area (Å²) in [5.74, 6) is 1.28. The Labute approximate surface area is 102 Å². The molecule has 3 nitrogen and oxygen atoms in total. The van der Waals surface area contributed by atoms with Crippen molar-refractivity contribution in [2.24, 2.45) is 0 Å². The van der Waals surface area contributed by atoms with Gasteiger partial charge in [-0.05, 0) is 38.1 Å². The maximum Gasteiger partial charge on any atom is 0.136 e. The maximum absolute atomic E-state index is 11.2. The number of hydrogen-bond donors (Lipinski definition) is 0. The summed E-state index contributed by atoms with van der Waals surface area (Å²) in [4.78, 5) is 13.4. The molecule has 0 radical (unpaired) electrons. The van der Waals surface area contributed by atoms with Gasteiger partial charge in [-0.25, -0.2) is 0 Å². The molecule has 0 saturated carbocycles. The van der Waals surface area contributed by atoms with E-state index in [0.717, 1.165) is 18.8 Å². The van der Waals surface area contributed by atoms with Gasteiger partial charge in [-0.15, -0.1) is 0 Å². The van der Waals surface area contributed by atoms with Crippen LogP contribution in [0.5, 0.6) is 5.75 Å². The molecule has 0 aromatic heterocycles. The molecule has 0 bridgehead atoms. The number of ketones is 1. The minimum absolute atomic E-state index is 0.202. The van der Waals surface area contributed by atoms with Crippen LogP contribution < -0.4 is 9.64 Å². The van der Waals surface area contributed by atoms with Crippen LogP contribution in [0.15, 0.2) is 24.3 Å². The Morgan fingerprint density at radius 3 is 2.24 bits per heavy atom. The largest absolute Gasteiger partial charge is 0.491 e. The van der Waals surface area contributed by atoms with E-state index in [1.54, 1.807) is 0 Å².